The SMILES string of the molecule is COc1ccc2c(c1)CCC[C@H]2CC(=O)N1CC[C@H](C(=O)O)C1. The number of amides is 1. The molecule has 2 atom stereocenters. The molecule has 1 N–H and O–H groups in total. The van der Waals surface area contributed by atoms with Crippen molar-refractivity contribution in [3.63, 3.8) is 0 Å². The molecule has 3 rings (SSSR count). The molecule has 2 aliphatic rings. The molecule has 1 aliphatic carbocycles. The number of methoxy groups -OCH3 is 1. The van der Waals surface area contributed by atoms with Crippen molar-refractivity contribution in [1.82, 2.24) is 4.90 Å². The number of ether oxygens (including phenoxy) is 1. The number of aliphatic carboxylic acids is 1. The minimum Gasteiger partial charge on any atom is -0.497 e. The standard InChI is InChI=1S/C18H23NO4/c1-23-15-5-6-16-12(9-15)3-2-4-13(16)10-17(20)19-8-7-14(11-19)18(21)22/h5-6,9,13-14H,2-4,7-8,10-11H2,1H3,(H,21,22)/t13-,14-/m0/s1. The largest absolute Gasteiger partial charge is 0.497 e. The van der Waals surface area contributed by atoms with E-state index in [-0.39, 0.29) is 11.8 Å². The maximum Gasteiger partial charge on any atom is 0.308 e. The number of nitrogens with zero attached hydrogens (tertiary/aromatic N) is 1. The van der Waals surface area contributed by atoms with Gasteiger partial charge in [0.05, 0.1) is 13.0 Å². The number of fused-ring (bicyclic) bond motifs is 1. The summed E-state index contributed by atoms with van der Waals surface area (Å²) < 4.78 is 5.28. The van der Waals surface area contributed by atoms with Crippen LogP contribution in [0.5, 0.6) is 5.75 Å². The highest BCUT2D eigenvalue weighted by Crippen LogP contribution is 2.36. The third-order valence-electron chi connectivity index (χ3n) is 5.10. The number of carbonyl (C=O) groups is 2. The highest BCUT2D eigenvalue weighted by Gasteiger charge is 2.32. The second-order valence-electron chi connectivity index (χ2n) is 6.52. The van der Waals surface area contributed by atoms with Crippen LogP contribution in [0.15, 0.2) is 18.2 Å². The lowest BCUT2D eigenvalue weighted by Gasteiger charge is -2.27. The van der Waals surface area contributed by atoms with Crippen LogP contribution in [0.4, 0.5) is 0 Å². The van der Waals surface area contributed by atoms with Crippen LogP contribution in [0.1, 0.15) is 42.7 Å². The first-order valence-corrected chi connectivity index (χ1v) is 8.26. The van der Waals surface area contributed by atoms with E-state index >= 15 is 0 Å². The quantitative estimate of drug-likeness (QED) is 0.926. The second kappa shape index (κ2) is 6.60. The number of hydrogen-bond donors (Lipinski definition) is 1. The predicted octanol–water partition coefficient (Wildman–Crippen LogP) is 2.44. The van der Waals surface area contributed by atoms with Crippen molar-refractivity contribution < 1.29 is 19.4 Å². The minimum atomic E-state index is -0.796. The summed E-state index contributed by atoms with van der Waals surface area (Å²) in [6.07, 6.45) is 4.17. The summed E-state index contributed by atoms with van der Waals surface area (Å²) in [5.41, 5.74) is 2.53. The molecule has 1 heterocycles. The van der Waals surface area contributed by atoms with Gasteiger partial charge in [-0.05, 0) is 54.9 Å². The maximum absolute atomic E-state index is 12.5. The first-order valence-electron chi connectivity index (χ1n) is 8.26. The molecule has 1 aromatic carbocycles. The van der Waals surface area contributed by atoms with Crippen LogP contribution >= 0.6 is 0 Å². The summed E-state index contributed by atoms with van der Waals surface area (Å²) in [5, 5.41) is 9.06. The Hall–Kier alpha value is -2.04. The van der Waals surface area contributed by atoms with Gasteiger partial charge in [0.25, 0.3) is 0 Å². The van der Waals surface area contributed by atoms with Crippen LogP contribution in [-0.4, -0.2) is 42.1 Å². The van der Waals surface area contributed by atoms with Gasteiger partial charge in [0.2, 0.25) is 5.91 Å². The number of carboxylic acid groups (broad SMARTS) is 1. The molecule has 0 spiro atoms. The Bertz CT molecular complexity index is 613. The lowest BCUT2D eigenvalue weighted by Crippen LogP contribution is -2.31. The Morgan fingerprint density at radius 1 is 1.35 bits per heavy atom. The average Bonchev–Trinajstić information content (AvgIpc) is 3.05. The van der Waals surface area contributed by atoms with Crippen molar-refractivity contribution in [3.05, 3.63) is 29.3 Å². The van der Waals surface area contributed by atoms with Gasteiger partial charge < -0.3 is 14.7 Å². The Kier molecular flexibility index (Phi) is 4.55. The average molecular weight is 317 g/mol. The van der Waals surface area contributed by atoms with Crippen LogP contribution in [0, 0.1) is 5.92 Å². The molecule has 5 heteroatoms. The first kappa shape index (κ1) is 15.8. The van der Waals surface area contributed by atoms with Gasteiger partial charge in [-0.2, -0.15) is 0 Å². The molecule has 1 aromatic rings. The Morgan fingerprint density at radius 3 is 2.87 bits per heavy atom. The molecule has 1 amide bonds. The van der Waals surface area contributed by atoms with Crippen LogP contribution in [0.25, 0.3) is 0 Å². The molecule has 0 bridgehead atoms. The molecule has 1 saturated heterocycles. The maximum atomic E-state index is 12.5. The first-order chi connectivity index (χ1) is 11.1. The normalized spacial score (nSPS) is 23.4. The summed E-state index contributed by atoms with van der Waals surface area (Å²) in [4.78, 5) is 25.3. The fraction of sp³-hybridized carbons (Fsp3) is 0.556. The molecule has 0 radical (unpaired) electrons. The van der Waals surface area contributed by atoms with Gasteiger partial charge in [-0.25, -0.2) is 0 Å². The third-order valence-corrected chi connectivity index (χ3v) is 5.10. The molecule has 1 fully saturated rings. The zero-order valence-corrected chi connectivity index (χ0v) is 13.5. The fourth-order valence-electron chi connectivity index (χ4n) is 3.76. The molecule has 124 valence electrons. The van der Waals surface area contributed by atoms with E-state index in [1.54, 1.807) is 12.0 Å². The fourth-order valence-corrected chi connectivity index (χ4v) is 3.76. The van der Waals surface area contributed by atoms with Crippen molar-refractivity contribution in [1.29, 1.82) is 0 Å². The molecular formula is C18H23NO4. The molecule has 1 aliphatic heterocycles. The van der Waals surface area contributed by atoms with E-state index in [1.807, 2.05) is 6.07 Å². The van der Waals surface area contributed by atoms with E-state index in [0.717, 1.165) is 25.0 Å². The number of benzene rings is 1. The van der Waals surface area contributed by atoms with E-state index < -0.39 is 11.9 Å². The van der Waals surface area contributed by atoms with E-state index in [1.165, 1.54) is 11.1 Å². The monoisotopic (exact) mass is 317 g/mol. The third kappa shape index (κ3) is 3.33. The number of carbonyl (C=O) groups excluding carboxylic acids is 1. The smallest absolute Gasteiger partial charge is 0.308 e. The Morgan fingerprint density at radius 2 is 2.17 bits per heavy atom. The van der Waals surface area contributed by atoms with Crippen LogP contribution in [-0.2, 0) is 16.0 Å². The van der Waals surface area contributed by atoms with Crippen molar-refractivity contribution in [2.24, 2.45) is 5.92 Å². The van der Waals surface area contributed by atoms with E-state index in [2.05, 4.69) is 12.1 Å². The van der Waals surface area contributed by atoms with Gasteiger partial charge in [-0.1, -0.05) is 6.07 Å². The predicted molar refractivity (Wildman–Crippen MR) is 85.6 cm³/mol. The van der Waals surface area contributed by atoms with Gasteiger partial charge in [0.15, 0.2) is 0 Å². The lowest BCUT2D eigenvalue weighted by molar-refractivity contribution is -0.141. The number of rotatable bonds is 4. The number of aryl methyl sites for hydroxylation is 1. The van der Waals surface area contributed by atoms with Crippen LogP contribution in [0.2, 0.25) is 0 Å². The van der Waals surface area contributed by atoms with Gasteiger partial charge in [-0.15, -0.1) is 0 Å². The highest BCUT2D eigenvalue weighted by molar-refractivity contribution is 5.79. The minimum absolute atomic E-state index is 0.0856. The summed E-state index contributed by atoms with van der Waals surface area (Å²) in [7, 11) is 1.66. The molecule has 5 nitrogen and oxygen atoms in total. The number of carboxylic acids is 1. The summed E-state index contributed by atoms with van der Waals surface area (Å²) in [6.45, 7) is 0.925. The van der Waals surface area contributed by atoms with E-state index in [4.69, 9.17) is 9.84 Å². The number of likely N-dealkylation sites (tertiary alicyclic amines) is 1. The van der Waals surface area contributed by atoms with Crippen molar-refractivity contribution in [3.8, 4) is 5.75 Å². The van der Waals surface area contributed by atoms with Crippen molar-refractivity contribution in [2.75, 3.05) is 20.2 Å². The van der Waals surface area contributed by atoms with Gasteiger partial charge in [0.1, 0.15) is 5.75 Å². The molecule has 0 unspecified atom stereocenters. The lowest BCUT2D eigenvalue weighted by atomic mass is 9.80. The van der Waals surface area contributed by atoms with Crippen molar-refractivity contribution >= 4 is 11.9 Å². The van der Waals surface area contributed by atoms with Crippen LogP contribution in [0.3, 0.4) is 0 Å². The molecule has 23 heavy (non-hydrogen) atoms. The number of hydrogen-bond acceptors (Lipinski definition) is 3. The molecule has 0 saturated carbocycles. The highest BCUT2D eigenvalue weighted by atomic mass is 16.5. The van der Waals surface area contributed by atoms with E-state index in [9.17, 15) is 9.59 Å². The summed E-state index contributed by atoms with van der Waals surface area (Å²) in [6, 6.07) is 6.11. The van der Waals surface area contributed by atoms with Gasteiger partial charge in [0, 0.05) is 19.5 Å². The summed E-state index contributed by atoms with van der Waals surface area (Å²) in [5.74, 6) is -0.0136. The Labute approximate surface area is 136 Å². The Balaban J connectivity index is 1.68. The topological polar surface area (TPSA) is 66.8 Å². The van der Waals surface area contributed by atoms with Crippen molar-refractivity contribution in [2.45, 2.75) is 38.0 Å². The zero-order valence-electron chi connectivity index (χ0n) is 13.5. The molecule has 0 aromatic heterocycles. The second-order valence-corrected chi connectivity index (χ2v) is 6.52. The van der Waals surface area contributed by atoms with Gasteiger partial charge >= 0.3 is 5.97 Å². The zero-order chi connectivity index (χ0) is 16.4. The van der Waals surface area contributed by atoms with Gasteiger partial charge in [-0.3, -0.25) is 9.59 Å². The summed E-state index contributed by atoms with van der Waals surface area (Å²) >= 11 is 0. The van der Waals surface area contributed by atoms with E-state index in [0.29, 0.717) is 25.9 Å². The van der Waals surface area contributed by atoms with Crippen LogP contribution < -0.4 is 4.74 Å². The molecular weight excluding hydrogens is 294 g/mol.